The summed E-state index contributed by atoms with van der Waals surface area (Å²) in [4.78, 5) is 17.3. The maximum absolute atomic E-state index is 12.3. The first-order valence-electron chi connectivity index (χ1n) is 7.17. The summed E-state index contributed by atoms with van der Waals surface area (Å²) in [6.07, 6.45) is 0. The van der Waals surface area contributed by atoms with Gasteiger partial charge in [0.2, 0.25) is 5.91 Å². The van der Waals surface area contributed by atoms with E-state index in [0.717, 1.165) is 10.9 Å². The lowest BCUT2D eigenvalue weighted by Crippen LogP contribution is -2.36. The van der Waals surface area contributed by atoms with Crippen LogP contribution in [0.4, 0.5) is 0 Å². The summed E-state index contributed by atoms with van der Waals surface area (Å²) in [5, 5.41) is 0. The van der Waals surface area contributed by atoms with Crippen LogP contribution in [0.25, 0.3) is 0 Å². The second kappa shape index (κ2) is 7.77. The van der Waals surface area contributed by atoms with Gasteiger partial charge < -0.3 is 4.90 Å². The molecule has 0 N–H and O–H groups in total. The third-order valence-electron chi connectivity index (χ3n) is 3.55. The van der Waals surface area contributed by atoms with E-state index in [2.05, 4.69) is 19.1 Å². The molecule has 0 aliphatic carbocycles. The number of halogens is 1. The van der Waals surface area contributed by atoms with Crippen molar-refractivity contribution in [1.82, 2.24) is 9.80 Å². The summed E-state index contributed by atoms with van der Waals surface area (Å²) in [6.45, 7) is 3.85. The fourth-order valence-corrected chi connectivity index (χ4v) is 3.41. The van der Waals surface area contributed by atoms with E-state index in [-0.39, 0.29) is 5.91 Å². The minimum Gasteiger partial charge on any atom is -0.340 e. The zero-order chi connectivity index (χ0) is 16.1. The van der Waals surface area contributed by atoms with Gasteiger partial charge in [-0.2, -0.15) is 0 Å². The number of benzene rings is 1. The van der Waals surface area contributed by atoms with Gasteiger partial charge in [0.25, 0.3) is 0 Å². The Morgan fingerprint density at radius 2 is 1.86 bits per heavy atom. The number of thiophene rings is 1. The van der Waals surface area contributed by atoms with Gasteiger partial charge in [-0.05, 0) is 37.2 Å². The van der Waals surface area contributed by atoms with Gasteiger partial charge >= 0.3 is 0 Å². The van der Waals surface area contributed by atoms with E-state index in [4.69, 9.17) is 11.6 Å². The zero-order valence-electron chi connectivity index (χ0n) is 13.2. The number of carbonyl (C=O) groups is 1. The average Bonchev–Trinajstić information content (AvgIpc) is 2.86. The lowest BCUT2D eigenvalue weighted by Gasteiger charge is -2.22. The number of carbonyl (C=O) groups excluding carboxylic acids is 1. The molecular formula is C17H21ClN2OS. The third-order valence-corrected chi connectivity index (χ3v) is 4.77. The Morgan fingerprint density at radius 1 is 1.14 bits per heavy atom. The highest BCUT2D eigenvalue weighted by atomic mass is 35.5. The van der Waals surface area contributed by atoms with Crippen LogP contribution in [0.1, 0.15) is 16.0 Å². The van der Waals surface area contributed by atoms with E-state index < -0.39 is 0 Å². The van der Waals surface area contributed by atoms with Crippen molar-refractivity contribution in [2.24, 2.45) is 0 Å². The lowest BCUT2D eigenvalue weighted by molar-refractivity contribution is -0.131. The number of aryl methyl sites for hydroxylation is 1. The minimum absolute atomic E-state index is 0.119. The Bertz CT molecular complexity index is 641. The molecule has 0 saturated heterocycles. The highest BCUT2D eigenvalue weighted by Crippen LogP contribution is 2.22. The van der Waals surface area contributed by atoms with Crippen LogP contribution in [0.3, 0.4) is 0 Å². The molecule has 0 unspecified atom stereocenters. The second-order valence-electron chi connectivity index (χ2n) is 5.55. The van der Waals surface area contributed by atoms with Crippen molar-refractivity contribution >= 4 is 28.8 Å². The van der Waals surface area contributed by atoms with Crippen LogP contribution < -0.4 is 0 Å². The van der Waals surface area contributed by atoms with Crippen molar-refractivity contribution in [2.45, 2.75) is 20.0 Å². The topological polar surface area (TPSA) is 23.6 Å². The molecule has 0 aliphatic rings. The molecule has 118 valence electrons. The number of likely N-dealkylation sites (N-methyl/N-ethyl adjacent to an activating group) is 2. The van der Waals surface area contributed by atoms with Crippen LogP contribution in [0, 0.1) is 6.92 Å². The van der Waals surface area contributed by atoms with E-state index in [1.165, 1.54) is 16.0 Å². The first-order chi connectivity index (χ1) is 10.5. The molecule has 0 saturated carbocycles. The lowest BCUT2D eigenvalue weighted by atomic mass is 10.1. The smallest absolute Gasteiger partial charge is 0.236 e. The molecule has 0 bridgehead atoms. The maximum Gasteiger partial charge on any atom is 0.236 e. The first kappa shape index (κ1) is 17.0. The van der Waals surface area contributed by atoms with E-state index in [0.29, 0.717) is 13.1 Å². The highest BCUT2D eigenvalue weighted by molar-refractivity contribution is 7.16. The van der Waals surface area contributed by atoms with Crippen LogP contribution in [-0.2, 0) is 17.9 Å². The molecule has 1 aromatic carbocycles. The van der Waals surface area contributed by atoms with Gasteiger partial charge in [-0.15, -0.1) is 11.3 Å². The van der Waals surface area contributed by atoms with Gasteiger partial charge in [0, 0.05) is 25.0 Å². The molecule has 0 atom stereocenters. The summed E-state index contributed by atoms with van der Waals surface area (Å²) in [7, 11) is 3.80. The Labute approximate surface area is 141 Å². The number of amides is 1. The SMILES string of the molecule is Cc1ccccc1CN(C)C(=O)CN(C)Cc1ccc(Cl)s1. The van der Waals surface area contributed by atoms with Crippen molar-refractivity contribution in [3.05, 3.63) is 56.7 Å². The second-order valence-corrected chi connectivity index (χ2v) is 7.35. The first-order valence-corrected chi connectivity index (χ1v) is 8.36. The monoisotopic (exact) mass is 336 g/mol. The number of rotatable bonds is 6. The van der Waals surface area contributed by atoms with Gasteiger partial charge in [-0.25, -0.2) is 0 Å². The Balaban J connectivity index is 1.87. The van der Waals surface area contributed by atoms with Gasteiger partial charge in [0.05, 0.1) is 10.9 Å². The fourth-order valence-electron chi connectivity index (χ4n) is 2.24. The number of nitrogens with zero attached hydrogens (tertiary/aromatic N) is 2. The molecule has 2 aromatic rings. The van der Waals surface area contributed by atoms with Crippen LogP contribution in [-0.4, -0.2) is 36.3 Å². The summed E-state index contributed by atoms with van der Waals surface area (Å²) < 4.78 is 0.784. The Kier molecular flexibility index (Phi) is 6.00. The Hall–Kier alpha value is -1.36. The predicted octanol–water partition coefficient (Wildman–Crippen LogP) is 3.80. The molecule has 22 heavy (non-hydrogen) atoms. The van der Waals surface area contributed by atoms with Crippen LogP contribution in [0.15, 0.2) is 36.4 Å². The largest absolute Gasteiger partial charge is 0.340 e. The summed E-state index contributed by atoms with van der Waals surface area (Å²) in [6, 6.07) is 12.1. The maximum atomic E-state index is 12.3. The van der Waals surface area contributed by atoms with Crippen LogP contribution in [0.2, 0.25) is 4.34 Å². The molecule has 2 rings (SSSR count). The molecule has 1 amide bonds. The molecule has 3 nitrogen and oxygen atoms in total. The molecule has 0 radical (unpaired) electrons. The summed E-state index contributed by atoms with van der Waals surface area (Å²) >= 11 is 7.48. The molecule has 1 heterocycles. The third kappa shape index (κ3) is 4.83. The van der Waals surface area contributed by atoms with Crippen molar-refractivity contribution in [1.29, 1.82) is 0 Å². The summed E-state index contributed by atoms with van der Waals surface area (Å²) in [5.74, 6) is 0.119. The van der Waals surface area contributed by atoms with Crippen LogP contribution >= 0.6 is 22.9 Å². The Morgan fingerprint density at radius 3 is 2.50 bits per heavy atom. The molecule has 5 heteroatoms. The standard InChI is InChI=1S/C17H21ClN2OS/c1-13-6-4-5-7-14(13)10-20(3)17(21)12-19(2)11-15-8-9-16(18)22-15/h4-9H,10-12H2,1-3H3. The van der Waals surface area contributed by atoms with Gasteiger partial charge in [0.15, 0.2) is 0 Å². The molecular weight excluding hydrogens is 316 g/mol. The molecule has 1 aromatic heterocycles. The van der Waals surface area contributed by atoms with Gasteiger partial charge in [0.1, 0.15) is 0 Å². The van der Waals surface area contributed by atoms with Crippen molar-refractivity contribution in [3.63, 3.8) is 0 Å². The van der Waals surface area contributed by atoms with E-state index in [1.54, 1.807) is 16.2 Å². The molecule has 0 fully saturated rings. The zero-order valence-corrected chi connectivity index (χ0v) is 14.7. The van der Waals surface area contributed by atoms with E-state index >= 15 is 0 Å². The van der Waals surface area contributed by atoms with Crippen molar-refractivity contribution < 1.29 is 4.79 Å². The average molecular weight is 337 g/mol. The van der Waals surface area contributed by atoms with E-state index in [9.17, 15) is 4.79 Å². The van der Waals surface area contributed by atoms with Gasteiger partial charge in [-0.3, -0.25) is 9.69 Å². The summed E-state index contributed by atoms with van der Waals surface area (Å²) in [5.41, 5.74) is 2.40. The quantitative estimate of drug-likeness (QED) is 0.801. The van der Waals surface area contributed by atoms with Crippen molar-refractivity contribution in [3.8, 4) is 0 Å². The van der Waals surface area contributed by atoms with Crippen molar-refractivity contribution in [2.75, 3.05) is 20.6 Å². The fraction of sp³-hybridized carbons (Fsp3) is 0.353. The predicted molar refractivity (Wildman–Crippen MR) is 93.3 cm³/mol. The van der Waals surface area contributed by atoms with Gasteiger partial charge in [-0.1, -0.05) is 35.9 Å². The number of hydrogen-bond donors (Lipinski definition) is 0. The van der Waals surface area contributed by atoms with E-state index in [1.807, 2.05) is 43.3 Å². The minimum atomic E-state index is 0.119. The number of hydrogen-bond acceptors (Lipinski definition) is 3. The molecule has 0 spiro atoms. The normalized spacial score (nSPS) is 11.0. The molecule has 0 aliphatic heterocycles. The van der Waals surface area contributed by atoms with Crippen LogP contribution in [0.5, 0.6) is 0 Å². The highest BCUT2D eigenvalue weighted by Gasteiger charge is 2.13.